The van der Waals surface area contributed by atoms with E-state index in [4.69, 9.17) is 0 Å². The van der Waals surface area contributed by atoms with Gasteiger partial charge in [-0.3, -0.25) is 9.80 Å². The van der Waals surface area contributed by atoms with Gasteiger partial charge in [0.05, 0.1) is 18.3 Å². The molecule has 0 spiro atoms. The van der Waals surface area contributed by atoms with Gasteiger partial charge in [0.25, 0.3) is 0 Å². The molecule has 0 aromatic heterocycles. The van der Waals surface area contributed by atoms with Crippen molar-refractivity contribution >= 4 is 0 Å². The van der Waals surface area contributed by atoms with Crippen LogP contribution in [0.1, 0.15) is 34.1 Å². The van der Waals surface area contributed by atoms with E-state index in [0.717, 1.165) is 26.1 Å². The number of nitrogens with zero attached hydrogens (tertiary/aromatic N) is 2. The molecule has 0 aromatic rings. The fraction of sp³-hybridized carbons (Fsp3) is 1.00. The Hall–Kier alpha value is -0.200. The van der Waals surface area contributed by atoms with Gasteiger partial charge in [0, 0.05) is 32.7 Å². The fourth-order valence-corrected chi connectivity index (χ4v) is 2.27. The molecule has 5 nitrogen and oxygen atoms in total. The van der Waals surface area contributed by atoms with Crippen molar-refractivity contribution in [3.63, 3.8) is 0 Å². The zero-order valence-electron chi connectivity index (χ0n) is 12.9. The van der Waals surface area contributed by atoms with E-state index in [-0.39, 0.29) is 6.10 Å². The van der Waals surface area contributed by atoms with Crippen molar-refractivity contribution in [2.45, 2.75) is 52.4 Å². The molecule has 0 aromatic carbocycles. The molecule has 5 heteroatoms. The molecule has 0 rings (SSSR count). The van der Waals surface area contributed by atoms with Gasteiger partial charge < -0.3 is 15.3 Å². The van der Waals surface area contributed by atoms with Gasteiger partial charge in [-0.05, 0) is 33.7 Å². The summed E-state index contributed by atoms with van der Waals surface area (Å²) in [5, 5.41) is 28.4. The van der Waals surface area contributed by atoms with Crippen LogP contribution in [-0.2, 0) is 0 Å². The van der Waals surface area contributed by atoms with Crippen LogP contribution in [0.5, 0.6) is 0 Å². The Morgan fingerprint density at radius 1 is 0.684 bits per heavy atom. The molecule has 0 aliphatic heterocycles. The summed E-state index contributed by atoms with van der Waals surface area (Å²) in [5.41, 5.74) is 0. The van der Waals surface area contributed by atoms with Crippen LogP contribution >= 0.6 is 0 Å². The third-order valence-corrected chi connectivity index (χ3v) is 2.84. The number of rotatable bonds is 11. The molecule has 0 saturated heterocycles. The highest BCUT2D eigenvalue weighted by Gasteiger charge is 2.13. The van der Waals surface area contributed by atoms with Gasteiger partial charge >= 0.3 is 0 Å². The predicted octanol–water partition coefficient (Wildman–Crippen LogP) is 0.143. The second-order valence-electron chi connectivity index (χ2n) is 5.61. The molecule has 3 N–H and O–H groups in total. The Morgan fingerprint density at radius 2 is 1.05 bits per heavy atom. The van der Waals surface area contributed by atoms with E-state index in [1.807, 2.05) is 0 Å². The van der Waals surface area contributed by atoms with Gasteiger partial charge in [-0.1, -0.05) is 6.92 Å². The monoisotopic (exact) mass is 276 g/mol. The summed E-state index contributed by atoms with van der Waals surface area (Å²) in [7, 11) is 0. The van der Waals surface area contributed by atoms with Crippen molar-refractivity contribution < 1.29 is 15.3 Å². The zero-order valence-corrected chi connectivity index (χ0v) is 12.9. The molecule has 0 fully saturated rings. The van der Waals surface area contributed by atoms with Crippen molar-refractivity contribution in [3.8, 4) is 0 Å². The van der Waals surface area contributed by atoms with Crippen molar-refractivity contribution in [1.82, 2.24) is 9.80 Å². The molecule has 3 atom stereocenters. The molecular formula is C14H32N2O3. The van der Waals surface area contributed by atoms with Gasteiger partial charge in [0.1, 0.15) is 0 Å². The minimum Gasteiger partial charge on any atom is -0.392 e. The topological polar surface area (TPSA) is 67.2 Å². The van der Waals surface area contributed by atoms with Crippen LogP contribution in [0.25, 0.3) is 0 Å². The molecule has 0 heterocycles. The third kappa shape index (κ3) is 11.3. The lowest BCUT2D eigenvalue weighted by Gasteiger charge is -2.29. The Morgan fingerprint density at radius 3 is 1.42 bits per heavy atom. The second kappa shape index (κ2) is 10.6. The highest BCUT2D eigenvalue weighted by atomic mass is 16.3. The molecule has 0 bridgehead atoms. The first-order valence-electron chi connectivity index (χ1n) is 7.34. The Kier molecular flexibility index (Phi) is 10.5. The van der Waals surface area contributed by atoms with Crippen LogP contribution < -0.4 is 0 Å². The lowest BCUT2D eigenvalue weighted by atomic mass is 10.2. The molecule has 19 heavy (non-hydrogen) atoms. The maximum absolute atomic E-state index is 9.47. The largest absolute Gasteiger partial charge is 0.392 e. The minimum absolute atomic E-state index is 0.325. The van der Waals surface area contributed by atoms with E-state index in [1.165, 1.54) is 0 Å². The summed E-state index contributed by atoms with van der Waals surface area (Å²) < 4.78 is 0. The Balaban J connectivity index is 4.22. The van der Waals surface area contributed by atoms with E-state index in [0.29, 0.717) is 19.6 Å². The minimum atomic E-state index is -0.393. The highest BCUT2D eigenvalue weighted by Crippen LogP contribution is 2.00. The van der Waals surface area contributed by atoms with Crippen LogP contribution in [0.4, 0.5) is 0 Å². The Bertz CT molecular complexity index is 201. The first-order valence-corrected chi connectivity index (χ1v) is 7.34. The molecule has 2 unspecified atom stereocenters. The normalized spacial score (nSPS) is 16.9. The molecule has 0 aliphatic rings. The van der Waals surface area contributed by atoms with Gasteiger partial charge in [-0.15, -0.1) is 0 Å². The maximum Gasteiger partial charge on any atom is 0.0639 e. The molecule has 0 saturated carbocycles. The lowest BCUT2D eigenvalue weighted by Crippen LogP contribution is -2.43. The van der Waals surface area contributed by atoms with Crippen LogP contribution in [-0.4, -0.2) is 82.7 Å². The first kappa shape index (κ1) is 18.8. The summed E-state index contributed by atoms with van der Waals surface area (Å²) in [6, 6.07) is 0. The smallest absolute Gasteiger partial charge is 0.0639 e. The number of aliphatic hydroxyl groups excluding tert-OH is 3. The molecule has 116 valence electrons. The standard InChI is InChI=1S/C14H32N2O3/c1-5-6-15(9-12(2)17)7-8-16(10-13(3)18)11-14(4)19/h12-14,17-19H,5-11H2,1-4H3/t12?,13-,14?/m1/s1. The number of hydrogen-bond acceptors (Lipinski definition) is 5. The van der Waals surface area contributed by atoms with E-state index in [1.54, 1.807) is 20.8 Å². The van der Waals surface area contributed by atoms with E-state index < -0.39 is 12.2 Å². The van der Waals surface area contributed by atoms with Crippen molar-refractivity contribution in [1.29, 1.82) is 0 Å². The van der Waals surface area contributed by atoms with Crippen molar-refractivity contribution in [2.75, 3.05) is 39.3 Å². The maximum atomic E-state index is 9.47. The van der Waals surface area contributed by atoms with E-state index in [2.05, 4.69) is 16.7 Å². The summed E-state index contributed by atoms with van der Waals surface area (Å²) in [6.07, 6.45) is -0.0571. The summed E-state index contributed by atoms with van der Waals surface area (Å²) >= 11 is 0. The van der Waals surface area contributed by atoms with E-state index in [9.17, 15) is 15.3 Å². The third-order valence-electron chi connectivity index (χ3n) is 2.84. The van der Waals surface area contributed by atoms with Crippen LogP contribution in [0.3, 0.4) is 0 Å². The molecule has 0 radical (unpaired) electrons. The van der Waals surface area contributed by atoms with Gasteiger partial charge in [-0.2, -0.15) is 0 Å². The summed E-state index contributed by atoms with van der Waals surface area (Å²) in [4.78, 5) is 4.29. The van der Waals surface area contributed by atoms with Crippen LogP contribution in [0.2, 0.25) is 0 Å². The van der Waals surface area contributed by atoms with Gasteiger partial charge in [0.2, 0.25) is 0 Å². The van der Waals surface area contributed by atoms with Gasteiger partial charge in [0.15, 0.2) is 0 Å². The highest BCUT2D eigenvalue weighted by molar-refractivity contribution is 4.68. The lowest BCUT2D eigenvalue weighted by molar-refractivity contribution is 0.0684. The van der Waals surface area contributed by atoms with Crippen molar-refractivity contribution in [2.24, 2.45) is 0 Å². The number of aliphatic hydroxyl groups is 3. The first-order chi connectivity index (χ1) is 8.85. The summed E-state index contributed by atoms with van der Waals surface area (Å²) in [5.74, 6) is 0. The molecular weight excluding hydrogens is 244 g/mol. The van der Waals surface area contributed by atoms with Crippen LogP contribution in [0.15, 0.2) is 0 Å². The van der Waals surface area contributed by atoms with Crippen molar-refractivity contribution in [3.05, 3.63) is 0 Å². The fourth-order valence-electron chi connectivity index (χ4n) is 2.27. The quantitative estimate of drug-likeness (QED) is 0.501. The average Bonchev–Trinajstić information content (AvgIpc) is 2.23. The molecule has 0 aliphatic carbocycles. The Labute approximate surface area is 117 Å². The second-order valence-corrected chi connectivity index (χ2v) is 5.61. The predicted molar refractivity (Wildman–Crippen MR) is 78.2 cm³/mol. The van der Waals surface area contributed by atoms with Crippen LogP contribution in [0, 0.1) is 0 Å². The molecule has 0 amide bonds. The SMILES string of the molecule is CCCN(CCN(CC(C)O)C[C@@H](C)O)CC(C)O. The zero-order chi connectivity index (χ0) is 14.8. The average molecular weight is 276 g/mol. The van der Waals surface area contributed by atoms with E-state index >= 15 is 0 Å². The van der Waals surface area contributed by atoms with Gasteiger partial charge in [-0.25, -0.2) is 0 Å². The number of hydrogen-bond donors (Lipinski definition) is 3. The summed E-state index contributed by atoms with van der Waals surface area (Å²) in [6.45, 7) is 11.8.